The Morgan fingerprint density at radius 2 is 2.00 bits per heavy atom. The van der Waals surface area contributed by atoms with Crippen molar-refractivity contribution in [1.82, 2.24) is 0 Å². The van der Waals surface area contributed by atoms with Gasteiger partial charge in [-0.25, -0.2) is 0 Å². The Morgan fingerprint density at radius 3 is 2.70 bits per heavy atom. The molecule has 3 rings (SSSR count). The first-order valence-corrected chi connectivity index (χ1v) is 8.54. The molecule has 0 aliphatic carbocycles. The highest BCUT2D eigenvalue weighted by Gasteiger charge is 2.16. The van der Waals surface area contributed by atoms with E-state index in [4.69, 9.17) is 30.6 Å². The van der Waals surface area contributed by atoms with Crippen molar-refractivity contribution < 1.29 is 23.8 Å². The number of hydrogen-bond donors (Lipinski definition) is 1. The van der Waals surface area contributed by atoms with Gasteiger partial charge >= 0.3 is 5.97 Å². The second-order valence-electron chi connectivity index (χ2n) is 5.90. The highest BCUT2D eigenvalue weighted by molar-refractivity contribution is 6.34. The lowest BCUT2D eigenvalue weighted by molar-refractivity contribution is -0.137. The summed E-state index contributed by atoms with van der Waals surface area (Å²) in [6.45, 7) is 1.81. The van der Waals surface area contributed by atoms with Gasteiger partial charge in [0.15, 0.2) is 11.0 Å². The Bertz CT molecular complexity index is 1070. The Balaban J connectivity index is 2.17. The van der Waals surface area contributed by atoms with E-state index in [0.29, 0.717) is 27.5 Å². The van der Waals surface area contributed by atoms with E-state index < -0.39 is 5.97 Å². The van der Waals surface area contributed by atoms with Gasteiger partial charge in [-0.3, -0.25) is 9.59 Å². The number of ether oxygens (including phenoxy) is 2. The van der Waals surface area contributed by atoms with Crippen molar-refractivity contribution in [2.45, 2.75) is 13.3 Å². The third-order valence-electron chi connectivity index (χ3n) is 4.04. The molecule has 2 aromatic carbocycles. The number of hydrogen-bond acceptors (Lipinski definition) is 5. The lowest BCUT2D eigenvalue weighted by Crippen LogP contribution is -2.06. The van der Waals surface area contributed by atoms with E-state index in [0.717, 1.165) is 5.56 Å². The summed E-state index contributed by atoms with van der Waals surface area (Å²) in [5.74, 6) is 0.261. The first-order chi connectivity index (χ1) is 12.9. The van der Waals surface area contributed by atoms with E-state index in [1.807, 2.05) is 6.92 Å². The number of para-hydroxylation sites is 1. The average Bonchev–Trinajstić information content (AvgIpc) is 2.62. The topological polar surface area (TPSA) is 86.0 Å². The van der Waals surface area contributed by atoms with Gasteiger partial charge in [0.25, 0.3) is 0 Å². The maximum Gasteiger partial charge on any atom is 0.306 e. The van der Waals surface area contributed by atoms with Crippen LogP contribution in [0.15, 0.2) is 45.6 Å². The maximum atomic E-state index is 12.5. The molecule has 0 radical (unpaired) electrons. The molecule has 0 aliphatic heterocycles. The zero-order valence-corrected chi connectivity index (χ0v) is 15.5. The summed E-state index contributed by atoms with van der Waals surface area (Å²) in [5.41, 5.74) is 1.30. The molecule has 0 amide bonds. The van der Waals surface area contributed by atoms with Crippen molar-refractivity contribution in [3.63, 3.8) is 0 Å². The van der Waals surface area contributed by atoms with Crippen molar-refractivity contribution in [2.75, 3.05) is 13.7 Å². The molecule has 0 aliphatic rings. The molecular formula is C20H17ClO6. The van der Waals surface area contributed by atoms with Crippen LogP contribution in [0.25, 0.3) is 22.3 Å². The zero-order chi connectivity index (χ0) is 19.6. The normalized spacial score (nSPS) is 10.8. The number of benzene rings is 2. The number of carbonyl (C=O) groups is 1. The fraction of sp³-hybridized carbons (Fsp3) is 0.200. The molecule has 1 aromatic heterocycles. The maximum absolute atomic E-state index is 12.5. The Kier molecular flexibility index (Phi) is 5.37. The van der Waals surface area contributed by atoms with Crippen molar-refractivity contribution in [3.05, 3.63) is 57.2 Å². The number of aryl methyl sites for hydroxylation is 1. The number of rotatable bonds is 6. The van der Waals surface area contributed by atoms with Crippen LogP contribution >= 0.6 is 11.6 Å². The lowest BCUT2D eigenvalue weighted by atomic mass is 10.1. The fourth-order valence-corrected chi connectivity index (χ4v) is 2.93. The molecule has 0 saturated heterocycles. The summed E-state index contributed by atoms with van der Waals surface area (Å²) >= 11 is 6.18. The summed E-state index contributed by atoms with van der Waals surface area (Å²) in [5, 5.41) is 9.52. The third-order valence-corrected chi connectivity index (χ3v) is 4.34. The first kappa shape index (κ1) is 18.8. The SMILES string of the molecule is COc1cc(-c2cc(=O)c3cccc(Cl)c3o2)c(OCCC(=O)O)cc1C. The van der Waals surface area contributed by atoms with Gasteiger partial charge in [0.05, 0.1) is 36.1 Å². The summed E-state index contributed by atoms with van der Waals surface area (Å²) in [4.78, 5) is 23.3. The van der Waals surface area contributed by atoms with Gasteiger partial charge in [0, 0.05) is 6.07 Å². The molecule has 27 heavy (non-hydrogen) atoms. The number of methoxy groups -OCH3 is 1. The van der Waals surface area contributed by atoms with Gasteiger partial charge in [-0.05, 0) is 36.8 Å². The molecule has 0 fully saturated rings. The van der Waals surface area contributed by atoms with E-state index in [1.54, 1.807) is 30.3 Å². The van der Waals surface area contributed by atoms with Crippen LogP contribution < -0.4 is 14.9 Å². The zero-order valence-electron chi connectivity index (χ0n) is 14.7. The number of halogens is 1. The molecule has 7 heteroatoms. The minimum atomic E-state index is -0.967. The summed E-state index contributed by atoms with van der Waals surface area (Å²) in [6, 6.07) is 9.70. The third kappa shape index (κ3) is 3.90. The van der Waals surface area contributed by atoms with Gasteiger partial charge < -0.3 is 19.0 Å². The summed E-state index contributed by atoms with van der Waals surface area (Å²) < 4.78 is 16.9. The number of fused-ring (bicyclic) bond motifs is 1. The van der Waals surface area contributed by atoms with Gasteiger partial charge in [0.1, 0.15) is 17.3 Å². The molecule has 3 aromatic rings. The molecule has 0 atom stereocenters. The molecule has 0 saturated carbocycles. The second-order valence-corrected chi connectivity index (χ2v) is 6.31. The van der Waals surface area contributed by atoms with Crippen molar-refractivity contribution in [2.24, 2.45) is 0 Å². The van der Waals surface area contributed by atoms with Crippen LogP contribution in [0.1, 0.15) is 12.0 Å². The summed E-state index contributed by atoms with van der Waals surface area (Å²) in [7, 11) is 1.53. The van der Waals surface area contributed by atoms with Gasteiger partial charge in [0.2, 0.25) is 0 Å². The molecular weight excluding hydrogens is 372 g/mol. The van der Waals surface area contributed by atoms with Crippen molar-refractivity contribution >= 4 is 28.5 Å². The minimum absolute atomic E-state index is 0.0212. The minimum Gasteiger partial charge on any atom is -0.496 e. The van der Waals surface area contributed by atoms with Gasteiger partial charge in [-0.15, -0.1) is 0 Å². The van der Waals surface area contributed by atoms with Crippen LogP contribution in [0.3, 0.4) is 0 Å². The largest absolute Gasteiger partial charge is 0.496 e. The van der Waals surface area contributed by atoms with Gasteiger partial charge in [-0.2, -0.15) is 0 Å². The molecule has 140 valence electrons. The Labute approximate surface area is 159 Å². The standard InChI is InChI=1S/C20H17ClO6/c1-11-8-17(26-7-6-19(23)24)13(9-16(11)25-2)18-10-15(22)12-4-3-5-14(21)20(12)27-18/h3-5,8-10H,6-7H2,1-2H3,(H,23,24). The van der Waals surface area contributed by atoms with Crippen LogP contribution in [0.4, 0.5) is 0 Å². The number of carboxylic acid groups (broad SMARTS) is 1. The van der Waals surface area contributed by atoms with Crippen LogP contribution in [0.5, 0.6) is 11.5 Å². The predicted molar refractivity (Wildman–Crippen MR) is 102 cm³/mol. The molecule has 0 unspecified atom stereocenters. The second kappa shape index (κ2) is 7.72. The van der Waals surface area contributed by atoms with Crippen LogP contribution in [-0.2, 0) is 4.79 Å². The first-order valence-electron chi connectivity index (χ1n) is 8.16. The van der Waals surface area contributed by atoms with E-state index >= 15 is 0 Å². The summed E-state index contributed by atoms with van der Waals surface area (Å²) in [6.07, 6.45) is -0.155. The Morgan fingerprint density at radius 1 is 1.22 bits per heavy atom. The quantitative estimate of drug-likeness (QED) is 0.678. The monoisotopic (exact) mass is 388 g/mol. The van der Waals surface area contributed by atoms with Crippen molar-refractivity contribution in [3.8, 4) is 22.8 Å². The molecule has 0 bridgehead atoms. The van der Waals surface area contributed by atoms with Crippen molar-refractivity contribution in [1.29, 1.82) is 0 Å². The van der Waals surface area contributed by atoms with Crippen LogP contribution in [-0.4, -0.2) is 24.8 Å². The van der Waals surface area contributed by atoms with Crippen LogP contribution in [0.2, 0.25) is 5.02 Å². The highest BCUT2D eigenvalue weighted by atomic mass is 35.5. The predicted octanol–water partition coefficient (Wildman–Crippen LogP) is 4.28. The average molecular weight is 389 g/mol. The lowest BCUT2D eigenvalue weighted by Gasteiger charge is -2.14. The highest BCUT2D eigenvalue weighted by Crippen LogP contribution is 2.37. The smallest absolute Gasteiger partial charge is 0.306 e. The van der Waals surface area contributed by atoms with E-state index in [1.165, 1.54) is 13.2 Å². The number of carboxylic acids is 1. The fourth-order valence-electron chi connectivity index (χ4n) is 2.72. The van der Waals surface area contributed by atoms with E-state index in [-0.39, 0.29) is 29.8 Å². The van der Waals surface area contributed by atoms with E-state index in [2.05, 4.69) is 0 Å². The molecule has 1 N–H and O–H groups in total. The molecule has 0 spiro atoms. The van der Waals surface area contributed by atoms with E-state index in [9.17, 15) is 9.59 Å². The number of aliphatic carboxylic acids is 1. The Hall–Kier alpha value is -2.99. The van der Waals surface area contributed by atoms with Crippen LogP contribution in [0, 0.1) is 6.92 Å². The molecule has 6 nitrogen and oxygen atoms in total. The molecule has 1 heterocycles. The van der Waals surface area contributed by atoms with Gasteiger partial charge in [-0.1, -0.05) is 17.7 Å².